The fourth-order valence-electron chi connectivity index (χ4n) is 4.04. The highest BCUT2D eigenvalue weighted by Gasteiger charge is 2.26. The van der Waals surface area contributed by atoms with Crippen molar-refractivity contribution in [1.29, 1.82) is 0 Å². The van der Waals surface area contributed by atoms with E-state index in [1.807, 2.05) is 24.5 Å². The third-order valence-electron chi connectivity index (χ3n) is 5.70. The highest BCUT2D eigenvalue weighted by molar-refractivity contribution is 5.75. The number of hydrogen-bond acceptors (Lipinski definition) is 7. The van der Waals surface area contributed by atoms with E-state index in [4.69, 9.17) is 15.5 Å². The molecule has 176 valence electrons. The molecular formula is C22H34N6O4. The Morgan fingerprint density at radius 1 is 1.28 bits per heavy atom. The first kappa shape index (κ1) is 23.8. The van der Waals surface area contributed by atoms with Gasteiger partial charge in [0.2, 0.25) is 5.95 Å². The van der Waals surface area contributed by atoms with Crippen molar-refractivity contribution in [2.45, 2.75) is 65.6 Å². The number of fused-ring (bicyclic) bond motifs is 1. The molecule has 2 N–H and O–H groups in total. The van der Waals surface area contributed by atoms with Crippen LogP contribution in [0.5, 0.6) is 0 Å². The predicted molar refractivity (Wildman–Crippen MR) is 124 cm³/mol. The SMILES string of the molecule is CCOC(=O)CCCn1c(=O)n(C)c(=O)c2c1nc(N1CCCC(N)C1)n2CC=C(C)C. The highest BCUT2D eigenvalue weighted by Crippen LogP contribution is 2.23. The van der Waals surface area contributed by atoms with Gasteiger partial charge in [0.05, 0.1) is 6.61 Å². The Hall–Kier alpha value is -2.88. The van der Waals surface area contributed by atoms with Crippen LogP contribution in [-0.4, -0.2) is 50.4 Å². The molecule has 2 aromatic rings. The zero-order chi connectivity index (χ0) is 23.4. The van der Waals surface area contributed by atoms with Gasteiger partial charge in [-0.1, -0.05) is 11.6 Å². The lowest BCUT2D eigenvalue weighted by molar-refractivity contribution is -0.143. The maximum Gasteiger partial charge on any atom is 0.332 e. The number of ether oxygens (including phenoxy) is 1. The molecule has 1 fully saturated rings. The lowest BCUT2D eigenvalue weighted by atomic mass is 10.1. The van der Waals surface area contributed by atoms with E-state index in [9.17, 15) is 14.4 Å². The number of aryl methyl sites for hydroxylation is 1. The number of rotatable bonds is 8. The summed E-state index contributed by atoms with van der Waals surface area (Å²) in [5.74, 6) is 0.341. The molecule has 1 saturated heterocycles. The number of carbonyl (C=O) groups excluding carboxylic acids is 1. The summed E-state index contributed by atoms with van der Waals surface area (Å²) in [6.07, 6.45) is 4.53. The van der Waals surface area contributed by atoms with Gasteiger partial charge in [0.15, 0.2) is 11.2 Å². The summed E-state index contributed by atoms with van der Waals surface area (Å²) in [5, 5.41) is 0. The van der Waals surface area contributed by atoms with Gasteiger partial charge in [-0.2, -0.15) is 4.98 Å². The minimum atomic E-state index is -0.444. The second-order valence-corrected chi connectivity index (χ2v) is 8.53. The minimum Gasteiger partial charge on any atom is -0.466 e. The Morgan fingerprint density at radius 2 is 2.03 bits per heavy atom. The summed E-state index contributed by atoms with van der Waals surface area (Å²) < 4.78 is 9.46. The first-order valence-corrected chi connectivity index (χ1v) is 11.2. The number of imidazole rings is 1. The van der Waals surface area contributed by atoms with Crippen molar-refractivity contribution in [1.82, 2.24) is 18.7 Å². The van der Waals surface area contributed by atoms with E-state index in [1.165, 1.54) is 11.6 Å². The lowest BCUT2D eigenvalue weighted by Crippen LogP contribution is -2.44. The molecule has 0 bridgehead atoms. The van der Waals surface area contributed by atoms with Crippen LogP contribution in [0, 0.1) is 0 Å². The van der Waals surface area contributed by atoms with E-state index in [-0.39, 0.29) is 30.5 Å². The van der Waals surface area contributed by atoms with Gasteiger partial charge in [-0.3, -0.25) is 18.7 Å². The Morgan fingerprint density at radius 3 is 2.69 bits per heavy atom. The molecule has 32 heavy (non-hydrogen) atoms. The van der Waals surface area contributed by atoms with E-state index in [0.717, 1.165) is 29.5 Å². The maximum absolute atomic E-state index is 13.1. The fourth-order valence-corrected chi connectivity index (χ4v) is 4.04. The van der Waals surface area contributed by atoms with E-state index in [1.54, 1.807) is 6.92 Å². The molecule has 10 heteroatoms. The smallest absolute Gasteiger partial charge is 0.332 e. The summed E-state index contributed by atoms with van der Waals surface area (Å²) in [7, 11) is 1.47. The number of allylic oxidation sites excluding steroid dienone is 2. The largest absolute Gasteiger partial charge is 0.466 e. The predicted octanol–water partition coefficient (Wildman–Crippen LogP) is 1.13. The van der Waals surface area contributed by atoms with Crippen molar-refractivity contribution in [2.75, 3.05) is 24.6 Å². The van der Waals surface area contributed by atoms with Gasteiger partial charge >= 0.3 is 11.7 Å². The molecule has 0 amide bonds. The van der Waals surface area contributed by atoms with Crippen molar-refractivity contribution in [3.05, 3.63) is 32.5 Å². The molecule has 1 aliphatic rings. The van der Waals surface area contributed by atoms with Crippen LogP contribution in [0.4, 0.5) is 5.95 Å². The number of carbonyl (C=O) groups is 1. The molecular weight excluding hydrogens is 412 g/mol. The number of esters is 1. The maximum atomic E-state index is 13.1. The topological polar surface area (TPSA) is 117 Å². The number of piperidine rings is 1. The molecule has 2 aromatic heterocycles. The number of aromatic nitrogens is 4. The Balaban J connectivity index is 2.12. The third-order valence-corrected chi connectivity index (χ3v) is 5.70. The monoisotopic (exact) mass is 446 g/mol. The van der Waals surface area contributed by atoms with Crippen LogP contribution in [0.15, 0.2) is 21.2 Å². The molecule has 0 aliphatic carbocycles. The summed E-state index contributed by atoms with van der Waals surface area (Å²) in [6.45, 7) is 8.24. The Kier molecular flexibility index (Phi) is 7.55. The van der Waals surface area contributed by atoms with Gasteiger partial charge < -0.3 is 19.9 Å². The average molecular weight is 447 g/mol. The van der Waals surface area contributed by atoms with Gasteiger partial charge in [0.1, 0.15) is 0 Å². The zero-order valence-electron chi connectivity index (χ0n) is 19.5. The average Bonchev–Trinajstić information content (AvgIpc) is 3.12. The molecule has 3 heterocycles. The molecule has 0 radical (unpaired) electrons. The lowest BCUT2D eigenvalue weighted by Gasteiger charge is -2.31. The molecule has 0 spiro atoms. The highest BCUT2D eigenvalue weighted by atomic mass is 16.5. The van der Waals surface area contributed by atoms with E-state index in [2.05, 4.69) is 4.90 Å². The fraction of sp³-hybridized carbons (Fsp3) is 0.636. The minimum absolute atomic E-state index is 0.0371. The van der Waals surface area contributed by atoms with Gasteiger partial charge in [-0.15, -0.1) is 0 Å². The number of nitrogens with two attached hydrogens (primary N) is 1. The molecule has 10 nitrogen and oxygen atoms in total. The Labute approximate surface area is 187 Å². The van der Waals surface area contributed by atoms with E-state index < -0.39 is 5.69 Å². The van der Waals surface area contributed by atoms with Crippen molar-refractivity contribution in [3.63, 3.8) is 0 Å². The van der Waals surface area contributed by atoms with Crippen LogP contribution in [-0.2, 0) is 29.7 Å². The van der Waals surface area contributed by atoms with Crippen LogP contribution in [0.25, 0.3) is 11.2 Å². The van der Waals surface area contributed by atoms with Gasteiger partial charge in [0.25, 0.3) is 5.56 Å². The van der Waals surface area contributed by atoms with Crippen LogP contribution in [0.3, 0.4) is 0 Å². The van der Waals surface area contributed by atoms with Crippen molar-refractivity contribution < 1.29 is 9.53 Å². The standard InChI is InChI=1S/C22H34N6O4/c1-5-32-17(29)9-7-12-28-19-18(20(30)25(4)22(28)31)27(13-10-15(2)3)21(24-19)26-11-6-8-16(23)14-26/h10,16H,5-9,11-14,23H2,1-4H3. The second-order valence-electron chi connectivity index (χ2n) is 8.53. The molecule has 0 saturated carbocycles. The number of hydrogen-bond donors (Lipinski definition) is 1. The zero-order valence-corrected chi connectivity index (χ0v) is 19.5. The van der Waals surface area contributed by atoms with Crippen LogP contribution < -0.4 is 21.9 Å². The molecule has 1 unspecified atom stereocenters. The van der Waals surface area contributed by atoms with E-state index >= 15 is 0 Å². The number of nitrogens with zero attached hydrogens (tertiary/aromatic N) is 5. The normalized spacial score (nSPS) is 16.4. The van der Waals surface area contributed by atoms with Crippen molar-refractivity contribution >= 4 is 23.1 Å². The second kappa shape index (κ2) is 10.2. The molecule has 1 atom stereocenters. The van der Waals surface area contributed by atoms with E-state index in [0.29, 0.717) is 43.2 Å². The Bertz CT molecular complexity index is 1120. The number of anilines is 1. The summed E-state index contributed by atoms with van der Waals surface area (Å²) >= 11 is 0. The van der Waals surface area contributed by atoms with Crippen molar-refractivity contribution in [3.8, 4) is 0 Å². The summed E-state index contributed by atoms with van der Waals surface area (Å²) in [5.41, 5.74) is 7.22. The van der Waals surface area contributed by atoms with Crippen LogP contribution in [0.2, 0.25) is 0 Å². The first-order valence-electron chi connectivity index (χ1n) is 11.2. The van der Waals surface area contributed by atoms with Crippen LogP contribution >= 0.6 is 0 Å². The van der Waals surface area contributed by atoms with Gasteiger partial charge in [-0.25, -0.2) is 4.79 Å². The summed E-state index contributed by atoms with van der Waals surface area (Å²) in [6, 6.07) is 0.0371. The third kappa shape index (κ3) is 4.95. The van der Waals surface area contributed by atoms with Gasteiger partial charge in [0, 0.05) is 45.7 Å². The molecule has 3 rings (SSSR count). The van der Waals surface area contributed by atoms with Gasteiger partial charge in [-0.05, 0) is 40.0 Å². The molecule has 0 aromatic carbocycles. The summed E-state index contributed by atoms with van der Waals surface area (Å²) in [4.78, 5) is 44.7. The quantitative estimate of drug-likeness (QED) is 0.477. The first-order chi connectivity index (χ1) is 15.2. The molecule has 1 aliphatic heterocycles. The van der Waals surface area contributed by atoms with Crippen LogP contribution in [0.1, 0.15) is 46.5 Å². The van der Waals surface area contributed by atoms with Crippen molar-refractivity contribution in [2.24, 2.45) is 12.8 Å².